The minimum absolute atomic E-state index is 0.0358. The molecule has 0 bridgehead atoms. The van der Waals surface area contributed by atoms with Crippen molar-refractivity contribution in [1.29, 1.82) is 0 Å². The van der Waals surface area contributed by atoms with Crippen molar-refractivity contribution < 1.29 is 19.0 Å². The molecule has 1 aromatic carbocycles. The Hall–Kier alpha value is -2.27. The zero-order chi connectivity index (χ0) is 21.5. The predicted octanol–water partition coefficient (Wildman–Crippen LogP) is 4.85. The van der Waals surface area contributed by atoms with Crippen LogP contribution < -0.4 is 14.2 Å². The molecule has 0 aromatic heterocycles. The molecule has 5 heteroatoms. The number of rotatable bonds is 5. The number of hydrogen-bond acceptors (Lipinski definition) is 5. The zero-order valence-corrected chi connectivity index (χ0v) is 18.8. The third-order valence-electron chi connectivity index (χ3n) is 7.00. The van der Waals surface area contributed by atoms with Crippen LogP contribution >= 0.6 is 0 Å². The van der Waals surface area contributed by atoms with E-state index in [4.69, 9.17) is 14.2 Å². The Morgan fingerprint density at radius 2 is 2.17 bits per heavy atom. The average Bonchev–Trinajstić information content (AvgIpc) is 3.16. The van der Waals surface area contributed by atoms with Gasteiger partial charge in [0.15, 0.2) is 17.3 Å². The lowest BCUT2D eigenvalue weighted by Gasteiger charge is -2.37. The number of ether oxygens (including phenoxy) is 3. The smallest absolute Gasteiger partial charge is 0.231 e. The van der Waals surface area contributed by atoms with Gasteiger partial charge in [-0.15, -0.1) is 0 Å². The van der Waals surface area contributed by atoms with Gasteiger partial charge in [0.2, 0.25) is 12.5 Å². The number of hydrogen-bond donors (Lipinski definition) is 0. The highest BCUT2D eigenvalue weighted by molar-refractivity contribution is 5.90. The largest absolute Gasteiger partial charge is 0.492 e. The summed E-state index contributed by atoms with van der Waals surface area (Å²) in [7, 11) is 3.73. The van der Waals surface area contributed by atoms with Crippen LogP contribution in [0.25, 0.3) is 0 Å². The van der Waals surface area contributed by atoms with Crippen LogP contribution in [0.4, 0.5) is 0 Å². The van der Waals surface area contributed by atoms with Crippen molar-refractivity contribution in [2.45, 2.75) is 52.5 Å². The number of ketones is 1. The molecule has 0 N–H and O–H groups in total. The van der Waals surface area contributed by atoms with Crippen molar-refractivity contribution >= 4 is 5.78 Å². The van der Waals surface area contributed by atoms with Gasteiger partial charge in [-0.3, -0.25) is 9.69 Å². The van der Waals surface area contributed by atoms with E-state index in [1.54, 1.807) is 13.2 Å². The fourth-order valence-electron chi connectivity index (χ4n) is 5.23. The quantitative estimate of drug-likeness (QED) is 0.512. The summed E-state index contributed by atoms with van der Waals surface area (Å²) in [5.41, 5.74) is 3.80. The third kappa shape index (κ3) is 3.76. The van der Waals surface area contributed by atoms with Crippen LogP contribution in [0.2, 0.25) is 0 Å². The second-order valence-electron chi connectivity index (χ2n) is 9.45. The lowest BCUT2D eigenvalue weighted by Crippen LogP contribution is -2.33. The number of nitrogens with zero attached hydrogens (tertiary/aromatic N) is 1. The van der Waals surface area contributed by atoms with Crippen molar-refractivity contribution in [3.63, 3.8) is 0 Å². The van der Waals surface area contributed by atoms with Crippen LogP contribution in [0, 0.1) is 11.3 Å². The summed E-state index contributed by atoms with van der Waals surface area (Å²) in [6, 6.07) is 2.02. The maximum atomic E-state index is 13.0. The van der Waals surface area contributed by atoms with Crippen molar-refractivity contribution in [2.24, 2.45) is 11.3 Å². The minimum Gasteiger partial charge on any atom is -0.492 e. The normalized spacial score (nSPS) is 25.2. The van der Waals surface area contributed by atoms with E-state index in [0.29, 0.717) is 23.8 Å². The van der Waals surface area contributed by atoms with Gasteiger partial charge in [-0.05, 0) is 56.4 Å². The van der Waals surface area contributed by atoms with E-state index in [1.165, 1.54) is 11.1 Å². The first-order chi connectivity index (χ1) is 14.3. The first kappa shape index (κ1) is 21.0. The highest BCUT2D eigenvalue weighted by Gasteiger charge is 2.35. The molecule has 0 spiro atoms. The summed E-state index contributed by atoms with van der Waals surface area (Å²) < 4.78 is 17.0. The number of carbonyl (C=O) groups excluding carboxylic acids is 1. The summed E-state index contributed by atoms with van der Waals surface area (Å²) in [4.78, 5) is 15.3. The van der Waals surface area contributed by atoms with Crippen LogP contribution in [0.15, 0.2) is 29.9 Å². The van der Waals surface area contributed by atoms with Crippen molar-refractivity contribution in [1.82, 2.24) is 4.90 Å². The number of likely N-dealkylation sites (N-methyl/N-ethyl adjacent to an activating group) is 1. The molecule has 0 saturated heterocycles. The van der Waals surface area contributed by atoms with E-state index in [-0.39, 0.29) is 24.0 Å². The minimum atomic E-state index is -0.0358. The topological polar surface area (TPSA) is 48.0 Å². The summed E-state index contributed by atoms with van der Waals surface area (Å²) in [5.74, 6) is 2.57. The molecule has 0 unspecified atom stereocenters. The highest BCUT2D eigenvalue weighted by atomic mass is 16.7. The lowest BCUT2D eigenvalue weighted by molar-refractivity contribution is -0.115. The van der Waals surface area contributed by atoms with Crippen LogP contribution in [-0.4, -0.2) is 38.2 Å². The van der Waals surface area contributed by atoms with E-state index in [1.807, 2.05) is 0 Å². The summed E-state index contributed by atoms with van der Waals surface area (Å²) in [6.07, 6.45) is 9.83. The van der Waals surface area contributed by atoms with E-state index < -0.39 is 0 Å². The Bertz CT molecular complexity index is 899. The Kier molecular flexibility index (Phi) is 5.67. The first-order valence-corrected chi connectivity index (χ1v) is 10.9. The molecule has 30 heavy (non-hydrogen) atoms. The Balaban J connectivity index is 1.59. The first-order valence-electron chi connectivity index (χ1n) is 10.9. The SMILES string of the molecule is COc1c2c(cc3c1[C@H](CC(=O)C=C[C@H]1C(C)=CCCC1(C)C)N(C)CC3)OCO2. The number of carbonyl (C=O) groups is 1. The Morgan fingerprint density at radius 3 is 2.90 bits per heavy atom. The molecule has 0 fully saturated rings. The molecule has 1 aromatic rings. The van der Waals surface area contributed by atoms with Gasteiger partial charge in [0, 0.05) is 30.5 Å². The Labute approximate surface area is 179 Å². The van der Waals surface area contributed by atoms with Gasteiger partial charge in [-0.1, -0.05) is 31.6 Å². The van der Waals surface area contributed by atoms with Crippen LogP contribution in [-0.2, 0) is 11.2 Å². The molecule has 2 atom stereocenters. The second kappa shape index (κ2) is 8.10. The molecule has 0 amide bonds. The summed E-state index contributed by atoms with van der Waals surface area (Å²) in [6.45, 7) is 7.87. The fraction of sp³-hybridized carbons (Fsp3) is 0.560. The fourth-order valence-corrected chi connectivity index (χ4v) is 5.23. The van der Waals surface area contributed by atoms with E-state index in [2.05, 4.69) is 50.9 Å². The standard InChI is InChI=1S/C25H33NO4/c1-16-7-6-11-25(2,3)19(16)9-8-18(27)14-20-22-17(10-12-26(20)4)13-21-23(24(22)28-5)30-15-29-21/h7-9,13,19-20H,6,10-12,14-15H2,1-5H3/t19-,20-/m0/s1. The molecule has 2 heterocycles. The zero-order valence-electron chi connectivity index (χ0n) is 18.8. The van der Waals surface area contributed by atoms with Crippen LogP contribution in [0.5, 0.6) is 17.2 Å². The monoisotopic (exact) mass is 411 g/mol. The van der Waals surface area contributed by atoms with Gasteiger partial charge in [0.25, 0.3) is 0 Å². The molecular weight excluding hydrogens is 378 g/mol. The third-order valence-corrected chi connectivity index (χ3v) is 7.00. The van der Waals surface area contributed by atoms with Gasteiger partial charge in [-0.25, -0.2) is 0 Å². The summed E-state index contributed by atoms with van der Waals surface area (Å²) >= 11 is 0. The molecule has 1 aliphatic carbocycles. The van der Waals surface area contributed by atoms with Crippen molar-refractivity contribution in [3.05, 3.63) is 41.0 Å². The number of fused-ring (bicyclic) bond motifs is 2. The molecule has 0 radical (unpaired) electrons. The lowest BCUT2D eigenvalue weighted by atomic mass is 9.68. The molecule has 3 aliphatic rings. The predicted molar refractivity (Wildman–Crippen MR) is 117 cm³/mol. The van der Waals surface area contributed by atoms with E-state index in [9.17, 15) is 4.79 Å². The molecule has 4 rings (SSSR count). The maximum absolute atomic E-state index is 13.0. The van der Waals surface area contributed by atoms with Crippen molar-refractivity contribution in [2.75, 3.05) is 27.5 Å². The van der Waals surface area contributed by atoms with E-state index >= 15 is 0 Å². The van der Waals surface area contributed by atoms with Gasteiger partial charge in [0.05, 0.1) is 7.11 Å². The number of benzene rings is 1. The van der Waals surface area contributed by atoms with Gasteiger partial charge >= 0.3 is 0 Å². The number of methoxy groups -OCH3 is 1. The van der Waals surface area contributed by atoms with E-state index in [0.717, 1.165) is 37.1 Å². The summed E-state index contributed by atoms with van der Waals surface area (Å²) in [5, 5.41) is 0. The van der Waals surface area contributed by atoms with Gasteiger partial charge < -0.3 is 14.2 Å². The highest BCUT2D eigenvalue weighted by Crippen LogP contribution is 2.50. The maximum Gasteiger partial charge on any atom is 0.231 e. The second-order valence-corrected chi connectivity index (χ2v) is 9.45. The molecule has 2 aliphatic heterocycles. The van der Waals surface area contributed by atoms with Gasteiger partial charge in [-0.2, -0.15) is 0 Å². The van der Waals surface area contributed by atoms with Gasteiger partial charge in [0.1, 0.15) is 0 Å². The Morgan fingerprint density at radius 1 is 1.37 bits per heavy atom. The van der Waals surface area contributed by atoms with Crippen molar-refractivity contribution in [3.8, 4) is 17.2 Å². The molecular formula is C25H33NO4. The average molecular weight is 412 g/mol. The van der Waals surface area contributed by atoms with Crippen LogP contribution in [0.3, 0.4) is 0 Å². The molecule has 0 saturated carbocycles. The number of allylic oxidation sites excluding steroid dienone is 4. The van der Waals surface area contributed by atoms with Crippen LogP contribution in [0.1, 0.15) is 57.2 Å². The molecule has 5 nitrogen and oxygen atoms in total. The molecule has 162 valence electrons.